The van der Waals surface area contributed by atoms with Crippen molar-refractivity contribution in [2.24, 2.45) is 5.92 Å². The minimum atomic E-state index is -0.347. The van der Waals surface area contributed by atoms with Crippen molar-refractivity contribution in [2.75, 3.05) is 13.1 Å². The fourth-order valence-corrected chi connectivity index (χ4v) is 2.69. The lowest BCUT2D eigenvalue weighted by molar-refractivity contribution is -0.0149. The number of nitrogens with one attached hydrogen (secondary N) is 1. The molecule has 0 aromatic heterocycles. The Morgan fingerprint density at radius 1 is 1.17 bits per heavy atom. The van der Waals surface area contributed by atoms with Gasteiger partial charge < -0.3 is 10.4 Å². The van der Waals surface area contributed by atoms with Crippen molar-refractivity contribution in [3.8, 4) is 0 Å². The minimum absolute atomic E-state index is 0.347. The van der Waals surface area contributed by atoms with Gasteiger partial charge in [-0.15, -0.1) is 0 Å². The van der Waals surface area contributed by atoms with E-state index in [2.05, 4.69) is 5.32 Å². The summed E-state index contributed by atoms with van der Waals surface area (Å²) in [5.41, 5.74) is -0.347. The minimum Gasteiger partial charge on any atom is -0.388 e. The molecule has 1 aliphatic carbocycles. The van der Waals surface area contributed by atoms with Gasteiger partial charge in [-0.05, 0) is 31.7 Å². The van der Waals surface area contributed by atoms with Crippen molar-refractivity contribution in [2.45, 2.75) is 44.1 Å². The Labute approximate surface area is 74.4 Å². The molecule has 2 heteroatoms. The van der Waals surface area contributed by atoms with E-state index in [9.17, 15) is 5.11 Å². The number of aliphatic hydroxyl groups is 1. The maximum atomic E-state index is 10.3. The van der Waals surface area contributed by atoms with Crippen LogP contribution < -0.4 is 5.32 Å². The Bertz CT molecular complexity index is 146. The lowest BCUT2D eigenvalue weighted by Gasteiger charge is -2.34. The summed E-state index contributed by atoms with van der Waals surface area (Å²) in [6, 6.07) is 0. The average molecular weight is 169 g/mol. The molecule has 2 aliphatic rings. The van der Waals surface area contributed by atoms with Crippen LogP contribution in [0, 0.1) is 5.92 Å². The highest BCUT2D eigenvalue weighted by Gasteiger charge is 2.39. The molecule has 0 spiro atoms. The van der Waals surface area contributed by atoms with Crippen molar-refractivity contribution in [3.63, 3.8) is 0 Å². The maximum absolute atomic E-state index is 10.3. The standard InChI is InChI=1S/C10H19NO/c12-10(6-7-11-8-10)9-4-2-1-3-5-9/h9,11-12H,1-8H2/t10-/m1/s1. The van der Waals surface area contributed by atoms with Gasteiger partial charge in [0.1, 0.15) is 0 Å². The predicted molar refractivity (Wildman–Crippen MR) is 49.0 cm³/mol. The number of β-amino-alcohol motifs (C(OH)–C–C–N with tert-alkyl or cyclic N) is 1. The summed E-state index contributed by atoms with van der Waals surface area (Å²) in [6.07, 6.45) is 7.49. The van der Waals surface area contributed by atoms with Gasteiger partial charge in [-0.25, -0.2) is 0 Å². The summed E-state index contributed by atoms with van der Waals surface area (Å²) in [5.74, 6) is 0.584. The molecule has 1 saturated carbocycles. The van der Waals surface area contributed by atoms with Gasteiger partial charge in [0.25, 0.3) is 0 Å². The van der Waals surface area contributed by atoms with Gasteiger partial charge in [0.05, 0.1) is 5.60 Å². The largest absolute Gasteiger partial charge is 0.388 e. The predicted octanol–water partition coefficient (Wildman–Crippen LogP) is 1.29. The first-order valence-corrected chi connectivity index (χ1v) is 5.24. The normalized spacial score (nSPS) is 38.8. The maximum Gasteiger partial charge on any atom is 0.0811 e. The van der Waals surface area contributed by atoms with Crippen LogP contribution >= 0.6 is 0 Å². The van der Waals surface area contributed by atoms with Gasteiger partial charge in [-0.1, -0.05) is 19.3 Å². The Morgan fingerprint density at radius 3 is 2.50 bits per heavy atom. The SMILES string of the molecule is O[C@]1(C2CCCCC2)CCNC1. The van der Waals surface area contributed by atoms with Crippen molar-refractivity contribution in [3.05, 3.63) is 0 Å². The van der Waals surface area contributed by atoms with Gasteiger partial charge in [0.15, 0.2) is 0 Å². The molecule has 0 aromatic rings. The lowest BCUT2D eigenvalue weighted by atomic mass is 9.76. The number of hydrogen-bond acceptors (Lipinski definition) is 2. The third kappa shape index (κ3) is 1.50. The van der Waals surface area contributed by atoms with Crippen LogP contribution in [0.3, 0.4) is 0 Å². The van der Waals surface area contributed by atoms with Crippen molar-refractivity contribution in [1.29, 1.82) is 0 Å². The third-order valence-corrected chi connectivity index (χ3v) is 3.53. The highest BCUT2D eigenvalue weighted by atomic mass is 16.3. The van der Waals surface area contributed by atoms with E-state index in [1.165, 1.54) is 32.1 Å². The molecule has 2 rings (SSSR count). The summed E-state index contributed by atoms with van der Waals surface area (Å²) >= 11 is 0. The molecule has 0 radical (unpaired) electrons. The first-order chi connectivity index (χ1) is 5.81. The third-order valence-electron chi connectivity index (χ3n) is 3.53. The lowest BCUT2D eigenvalue weighted by Crippen LogP contribution is -2.40. The van der Waals surface area contributed by atoms with E-state index in [0.29, 0.717) is 5.92 Å². The average Bonchev–Trinajstić information content (AvgIpc) is 2.55. The van der Waals surface area contributed by atoms with Gasteiger partial charge in [-0.2, -0.15) is 0 Å². The van der Waals surface area contributed by atoms with Gasteiger partial charge >= 0.3 is 0 Å². The van der Waals surface area contributed by atoms with Crippen molar-refractivity contribution in [1.82, 2.24) is 5.32 Å². The Kier molecular flexibility index (Phi) is 2.37. The molecule has 1 aliphatic heterocycles. The second-order valence-electron chi connectivity index (χ2n) is 4.37. The van der Waals surface area contributed by atoms with E-state index in [1.807, 2.05) is 0 Å². The second-order valence-corrected chi connectivity index (χ2v) is 4.37. The molecule has 1 atom stereocenters. The van der Waals surface area contributed by atoms with Crippen LogP contribution in [-0.4, -0.2) is 23.8 Å². The summed E-state index contributed by atoms with van der Waals surface area (Å²) in [5, 5.41) is 13.5. The second kappa shape index (κ2) is 3.35. The van der Waals surface area contributed by atoms with E-state index in [1.54, 1.807) is 0 Å². The molecule has 1 saturated heterocycles. The first kappa shape index (κ1) is 8.52. The van der Waals surface area contributed by atoms with Crippen LogP contribution in [0.25, 0.3) is 0 Å². The summed E-state index contributed by atoms with van der Waals surface area (Å²) < 4.78 is 0. The highest BCUT2D eigenvalue weighted by molar-refractivity contribution is 4.94. The van der Waals surface area contributed by atoms with Gasteiger partial charge in [0, 0.05) is 6.54 Å². The number of hydrogen-bond donors (Lipinski definition) is 2. The zero-order valence-corrected chi connectivity index (χ0v) is 7.68. The quantitative estimate of drug-likeness (QED) is 0.620. The topological polar surface area (TPSA) is 32.3 Å². The zero-order valence-electron chi connectivity index (χ0n) is 7.68. The first-order valence-electron chi connectivity index (χ1n) is 5.24. The van der Waals surface area contributed by atoms with Crippen molar-refractivity contribution >= 4 is 0 Å². The van der Waals surface area contributed by atoms with Crippen LogP contribution in [-0.2, 0) is 0 Å². The van der Waals surface area contributed by atoms with Crippen LogP contribution in [0.5, 0.6) is 0 Å². The molecule has 0 aromatic carbocycles. The fourth-order valence-electron chi connectivity index (χ4n) is 2.69. The molecule has 1 heterocycles. The van der Waals surface area contributed by atoms with E-state index in [0.717, 1.165) is 19.5 Å². The van der Waals surface area contributed by atoms with E-state index >= 15 is 0 Å². The molecule has 0 bridgehead atoms. The fraction of sp³-hybridized carbons (Fsp3) is 1.00. The molecular weight excluding hydrogens is 150 g/mol. The monoisotopic (exact) mass is 169 g/mol. The molecule has 2 nitrogen and oxygen atoms in total. The number of rotatable bonds is 1. The molecular formula is C10H19NO. The van der Waals surface area contributed by atoms with E-state index < -0.39 is 0 Å². The summed E-state index contributed by atoms with van der Waals surface area (Å²) in [4.78, 5) is 0. The zero-order chi connectivity index (χ0) is 8.44. The van der Waals surface area contributed by atoms with Crippen LogP contribution in [0.2, 0.25) is 0 Å². The van der Waals surface area contributed by atoms with Gasteiger partial charge in [0.2, 0.25) is 0 Å². The molecule has 2 fully saturated rings. The summed E-state index contributed by atoms with van der Waals surface area (Å²) in [6.45, 7) is 1.84. The molecule has 12 heavy (non-hydrogen) atoms. The van der Waals surface area contributed by atoms with Crippen LogP contribution in [0.1, 0.15) is 38.5 Å². The highest BCUT2D eigenvalue weighted by Crippen LogP contribution is 2.35. The molecule has 0 amide bonds. The Balaban J connectivity index is 1.96. The Hall–Kier alpha value is -0.0800. The van der Waals surface area contributed by atoms with E-state index in [4.69, 9.17) is 0 Å². The van der Waals surface area contributed by atoms with Crippen molar-refractivity contribution < 1.29 is 5.11 Å². The molecule has 70 valence electrons. The molecule has 0 unspecified atom stereocenters. The smallest absolute Gasteiger partial charge is 0.0811 e. The molecule has 2 N–H and O–H groups in total. The van der Waals surface area contributed by atoms with Gasteiger partial charge in [-0.3, -0.25) is 0 Å². The summed E-state index contributed by atoms with van der Waals surface area (Å²) in [7, 11) is 0. The Morgan fingerprint density at radius 2 is 1.92 bits per heavy atom. The van der Waals surface area contributed by atoms with E-state index in [-0.39, 0.29) is 5.60 Å². The van der Waals surface area contributed by atoms with Crippen LogP contribution in [0.4, 0.5) is 0 Å². The van der Waals surface area contributed by atoms with Crippen LogP contribution in [0.15, 0.2) is 0 Å².